The van der Waals surface area contributed by atoms with Gasteiger partial charge in [0.15, 0.2) is 0 Å². The number of alkyl halides is 1. The van der Waals surface area contributed by atoms with E-state index in [1.165, 1.54) is 12.1 Å². The molecule has 0 aliphatic carbocycles. The number of carbonyl (C=O) groups excluding carboxylic acids is 1. The maximum Gasteiger partial charge on any atom is 0.338 e. The summed E-state index contributed by atoms with van der Waals surface area (Å²) in [6.45, 7) is 1.97. The maximum atomic E-state index is 11.6. The molecule has 4 nitrogen and oxygen atoms in total. The van der Waals surface area contributed by atoms with E-state index in [4.69, 9.17) is 10.00 Å². The number of hydrogen-bond acceptors (Lipinski definition) is 4. The van der Waals surface area contributed by atoms with Crippen LogP contribution in [0.5, 0.6) is 5.75 Å². The van der Waals surface area contributed by atoms with E-state index in [1.807, 2.05) is 6.07 Å². The van der Waals surface area contributed by atoms with Crippen LogP contribution in [0, 0.1) is 11.3 Å². The van der Waals surface area contributed by atoms with Crippen molar-refractivity contribution in [1.82, 2.24) is 0 Å². The van der Waals surface area contributed by atoms with Gasteiger partial charge in [0.05, 0.1) is 17.7 Å². The number of nitrogens with zero attached hydrogens (tertiary/aromatic N) is 1. The van der Waals surface area contributed by atoms with Crippen LogP contribution in [-0.2, 0) is 10.1 Å². The van der Waals surface area contributed by atoms with Crippen molar-refractivity contribution in [2.24, 2.45) is 0 Å². The van der Waals surface area contributed by atoms with Gasteiger partial charge in [0.1, 0.15) is 11.8 Å². The van der Waals surface area contributed by atoms with Gasteiger partial charge in [-0.05, 0) is 24.6 Å². The van der Waals surface area contributed by atoms with Crippen molar-refractivity contribution in [1.29, 1.82) is 5.26 Å². The van der Waals surface area contributed by atoms with Gasteiger partial charge in [-0.3, -0.25) is 0 Å². The first kappa shape index (κ1) is 12.5. The molecule has 0 radical (unpaired) electrons. The van der Waals surface area contributed by atoms with Crippen LogP contribution in [0.1, 0.15) is 28.4 Å². The van der Waals surface area contributed by atoms with Crippen molar-refractivity contribution in [3.63, 3.8) is 0 Å². The molecule has 0 atom stereocenters. The first-order valence-electron chi connectivity index (χ1n) is 4.63. The lowest BCUT2D eigenvalue weighted by Gasteiger charge is -2.08. The van der Waals surface area contributed by atoms with Crippen molar-refractivity contribution in [3.05, 3.63) is 28.8 Å². The number of hydrogen-bond donors (Lipinski definition) is 1. The molecular formula is C11H10BrNO3. The molecule has 0 aliphatic rings. The minimum Gasteiger partial charge on any atom is -0.507 e. The molecule has 16 heavy (non-hydrogen) atoms. The van der Waals surface area contributed by atoms with Crippen molar-refractivity contribution >= 4 is 21.9 Å². The molecule has 0 fully saturated rings. The largest absolute Gasteiger partial charge is 0.507 e. The summed E-state index contributed by atoms with van der Waals surface area (Å²) < 4.78 is 4.86. The Morgan fingerprint density at radius 3 is 2.81 bits per heavy atom. The number of halogens is 1. The van der Waals surface area contributed by atoms with Gasteiger partial charge in [0, 0.05) is 5.33 Å². The smallest absolute Gasteiger partial charge is 0.338 e. The average Bonchev–Trinajstić information content (AvgIpc) is 2.28. The van der Waals surface area contributed by atoms with Gasteiger partial charge < -0.3 is 9.84 Å². The monoisotopic (exact) mass is 283 g/mol. The quantitative estimate of drug-likeness (QED) is 0.683. The van der Waals surface area contributed by atoms with Crippen LogP contribution >= 0.6 is 15.9 Å². The van der Waals surface area contributed by atoms with Crippen LogP contribution in [-0.4, -0.2) is 17.7 Å². The van der Waals surface area contributed by atoms with Gasteiger partial charge in [0.25, 0.3) is 0 Å². The summed E-state index contributed by atoms with van der Waals surface area (Å²) in [5.41, 5.74) is 0.954. The SMILES string of the molecule is CCOC(=O)c1cc(C#N)c(O)cc1CBr. The molecule has 0 spiro atoms. The number of carbonyl (C=O) groups is 1. The molecule has 0 saturated carbocycles. The van der Waals surface area contributed by atoms with Crippen LogP contribution in [0.25, 0.3) is 0 Å². The maximum absolute atomic E-state index is 11.6. The molecule has 0 aliphatic heterocycles. The molecule has 84 valence electrons. The van der Waals surface area contributed by atoms with Crippen LogP contribution in [0.15, 0.2) is 12.1 Å². The van der Waals surface area contributed by atoms with Gasteiger partial charge in [0.2, 0.25) is 0 Å². The van der Waals surface area contributed by atoms with Crippen molar-refractivity contribution in [2.75, 3.05) is 6.61 Å². The summed E-state index contributed by atoms with van der Waals surface area (Å²) >= 11 is 3.21. The van der Waals surface area contributed by atoms with E-state index in [-0.39, 0.29) is 17.9 Å². The van der Waals surface area contributed by atoms with Crippen LogP contribution in [0.4, 0.5) is 0 Å². The second-order valence-corrected chi connectivity index (χ2v) is 3.55. The molecule has 1 N–H and O–H groups in total. The first-order chi connectivity index (χ1) is 7.63. The second-order valence-electron chi connectivity index (χ2n) is 2.99. The molecule has 1 aromatic rings. The Morgan fingerprint density at radius 1 is 1.62 bits per heavy atom. The summed E-state index contributed by atoms with van der Waals surface area (Å²) in [6, 6.07) is 4.54. The molecule has 0 amide bonds. The fourth-order valence-corrected chi connectivity index (χ4v) is 1.69. The topological polar surface area (TPSA) is 70.3 Å². The highest BCUT2D eigenvalue weighted by atomic mass is 79.9. The first-order valence-corrected chi connectivity index (χ1v) is 5.75. The molecule has 1 aromatic carbocycles. The Morgan fingerprint density at radius 2 is 2.31 bits per heavy atom. The Labute approximate surface area is 102 Å². The Kier molecular flexibility index (Phi) is 4.32. The predicted octanol–water partition coefficient (Wildman–Crippen LogP) is 2.34. The van der Waals surface area contributed by atoms with E-state index in [1.54, 1.807) is 6.92 Å². The zero-order valence-corrected chi connectivity index (χ0v) is 10.2. The summed E-state index contributed by atoms with van der Waals surface area (Å²) in [5, 5.41) is 18.6. The van der Waals surface area contributed by atoms with E-state index < -0.39 is 5.97 Å². The van der Waals surface area contributed by atoms with E-state index in [2.05, 4.69) is 15.9 Å². The molecule has 0 saturated heterocycles. The van der Waals surface area contributed by atoms with Crippen LogP contribution in [0.2, 0.25) is 0 Å². The fraction of sp³-hybridized carbons (Fsp3) is 0.273. The van der Waals surface area contributed by atoms with Gasteiger partial charge in [-0.15, -0.1) is 0 Å². The normalized spacial score (nSPS) is 9.56. The molecule has 0 bridgehead atoms. The lowest BCUT2D eigenvalue weighted by Crippen LogP contribution is -2.08. The predicted molar refractivity (Wildman–Crippen MR) is 61.4 cm³/mol. The van der Waals surface area contributed by atoms with Crippen molar-refractivity contribution < 1.29 is 14.6 Å². The highest BCUT2D eigenvalue weighted by Crippen LogP contribution is 2.24. The minimum atomic E-state index is -0.492. The third kappa shape index (κ3) is 2.52. The standard InChI is InChI=1S/C11H10BrNO3/c1-2-16-11(15)9-3-8(6-13)10(14)4-7(9)5-12/h3-4,14H,2,5H2,1H3. The minimum absolute atomic E-state index is 0.0627. The highest BCUT2D eigenvalue weighted by molar-refractivity contribution is 9.08. The van der Waals surface area contributed by atoms with Crippen molar-refractivity contribution in [3.8, 4) is 11.8 Å². The zero-order valence-electron chi connectivity index (χ0n) is 8.66. The van der Waals surface area contributed by atoms with E-state index >= 15 is 0 Å². The molecule has 0 unspecified atom stereocenters. The summed E-state index contributed by atoms with van der Waals surface area (Å²) in [5.74, 6) is -0.626. The Bertz CT molecular complexity index is 451. The zero-order chi connectivity index (χ0) is 12.1. The van der Waals surface area contributed by atoms with Gasteiger partial charge >= 0.3 is 5.97 Å². The summed E-state index contributed by atoms with van der Waals surface area (Å²) in [6.07, 6.45) is 0. The lowest BCUT2D eigenvalue weighted by molar-refractivity contribution is 0.0525. The van der Waals surface area contributed by atoms with Crippen molar-refractivity contribution in [2.45, 2.75) is 12.3 Å². The number of phenols is 1. The molecule has 1 rings (SSSR count). The number of aromatic hydroxyl groups is 1. The molecular weight excluding hydrogens is 274 g/mol. The highest BCUT2D eigenvalue weighted by Gasteiger charge is 2.15. The Hall–Kier alpha value is -1.54. The molecule has 0 heterocycles. The third-order valence-corrected chi connectivity index (χ3v) is 2.59. The van der Waals surface area contributed by atoms with Crippen LogP contribution < -0.4 is 0 Å². The second kappa shape index (κ2) is 5.52. The van der Waals surface area contributed by atoms with Crippen LogP contribution in [0.3, 0.4) is 0 Å². The third-order valence-electron chi connectivity index (χ3n) is 1.98. The lowest BCUT2D eigenvalue weighted by atomic mass is 10.0. The van der Waals surface area contributed by atoms with Gasteiger partial charge in [-0.1, -0.05) is 15.9 Å². The van der Waals surface area contributed by atoms with Gasteiger partial charge in [-0.25, -0.2) is 4.79 Å². The van der Waals surface area contributed by atoms with E-state index in [0.29, 0.717) is 16.5 Å². The van der Waals surface area contributed by atoms with E-state index in [0.717, 1.165) is 0 Å². The summed E-state index contributed by atoms with van der Waals surface area (Å²) in [4.78, 5) is 11.6. The Balaban J connectivity index is 3.26. The number of benzene rings is 1. The number of esters is 1. The fourth-order valence-electron chi connectivity index (χ4n) is 1.23. The summed E-state index contributed by atoms with van der Waals surface area (Å²) in [7, 11) is 0. The average molecular weight is 284 g/mol. The number of ether oxygens (including phenoxy) is 1. The van der Waals surface area contributed by atoms with Gasteiger partial charge in [-0.2, -0.15) is 5.26 Å². The number of phenolic OH excluding ortho intramolecular Hbond substituents is 1. The molecule has 0 aromatic heterocycles. The molecule has 5 heteroatoms. The number of rotatable bonds is 3. The van der Waals surface area contributed by atoms with E-state index in [9.17, 15) is 9.90 Å². The number of nitriles is 1.